The van der Waals surface area contributed by atoms with Gasteiger partial charge in [-0.1, -0.05) is 63.8 Å². The van der Waals surface area contributed by atoms with Crippen molar-refractivity contribution < 1.29 is 13.9 Å². The molecule has 9 heteroatoms. The van der Waals surface area contributed by atoms with Gasteiger partial charge in [-0.2, -0.15) is 4.98 Å². The zero-order valence-corrected chi connectivity index (χ0v) is 26.9. The predicted molar refractivity (Wildman–Crippen MR) is 179 cm³/mol. The molecule has 0 saturated carbocycles. The lowest BCUT2D eigenvalue weighted by atomic mass is 9.95. The van der Waals surface area contributed by atoms with Gasteiger partial charge in [0.2, 0.25) is 5.95 Å². The van der Waals surface area contributed by atoms with Gasteiger partial charge in [0.25, 0.3) is 5.56 Å². The highest BCUT2D eigenvalue weighted by Gasteiger charge is 2.29. The Kier molecular flexibility index (Phi) is 11.4. The lowest BCUT2D eigenvalue weighted by molar-refractivity contribution is 0.120. The highest BCUT2D eigenvalue weighted by atomic mass is 19.1. The molecule has 2 aliphatic rings. The molecule has 3 aromatic rings. The van der Waals surface area contributed by atoms with Gasteiger partial charge in [0.05, 0.1) is 5.69 Å². The molecular formula is C36H45F2N5O2. The lowest BCUT2D eigenvalue weighted by Gasteiger charge is -2.41. The summed E-state index contributed by atoms with van der Waals surface area (Å²) in [7, 11) is 0. The van der Waals surface area contributed by atoms with Gasteiger partial charge in [-0.3, -0.25) is 9.36 Å². The van der Waals surface area contributed by atoms with Gasteiger partial charge in [0.15, 0.2) is 5.65 Å². The van der Waals surface area contributed by atoms with Gasteiger partial charge in [-0.05, 0) is 69.8 Å². The molecule has 0 spiro atoms. The summed E-state index contributed by atoms with van der Waals surface area (Å²) >= 11 is 0. The van der Waals surface area contributed by atoms with Crippen molar-refractivity contribution in [3.63, 3.8) is 0 Å². The van der Waals surface area contributed by atoms with E-state index in [4.69, 9.17) is 9.97 Å². The Labute approximate surface area is 264 Å². The number of fused-ring (bicyclic) bond motifs is 1. The van der Waals surface area contributed by atoms with E-state index in [9.17, 15) is 9.90 Å². The van der Waals surface area contributed by atoms with Crippen molar-refractivity contribution in [3.8, 4) is 5.69 Å². The van der Waals surface area contributed by atoms with Crippen molar-refractivity contribution in [1.29, 1.82) is 0 Å². The molecule has 0 bridgehead atoms. The van der Waals surface area contributed by atoms with Crippen LogP contribution in [0, 0.1) is 17.6 Å². The molecule has 2 aliphatic heterocycles. The lowest BCUT2D eigenvalue weighted by Crippen LogP contribution is -2.48. The third-order valence-corrected chi connectivity index (χ3v) is 8.46. The van der Waals surface area contributed by atoms with E-state index in [1.165, 1.54) is 25.0 Å². The number of hydrogen-bond donors (Lipinski definition) is 1. The van der Waals surface area contributed by atoms with E-state index in [1.807, 2.05) is 20.8 Å². The molecule has 2 saturated heterocycles. The first kappa shape index (κ1) is 33.8. The molecule has 5 rings (SSSR count). The van der Waals surface area contributed by atoms with Gasteiger partial charge in [0, 0.05) is 42.6 Å². The van der Waals surface area contributed by atoms with E-state index < -0.39 is 22.9 Å². The van der Waals surface area contributed by atoms with E-state index in [0.717, 1.165) is 67.2 Å². The van der Waals surface area contributed by atoms with Crippen LogP contribution in [0.4, 0.5) is 14.7 Å². The average Bonchev–Trinajstić information content (AvgIpc) is 3.02. The van der Waals surface area contributed by atoms with Crippen molar-refractivity contribution in [3.05, 3.63) is 106 Å². The first-order chi connectivity index (χ1) is 21.6. The number of hydrogen-bond acceptors (Lipinski definition) is 6. The monoisotopic (exact) mass is 617 g/mol. The van der Waals surface area contributed by atoms with E-state index >= 15 is 8.78 Å². The Morgan fingerprint density at radius 3 is 2.22 bits per heavy atom. The zero-order valence-electron chi connectivity index (χ0n) is 26.9. The number of aromatic nitrogens is 3. The number of nitrogens with zero attached hydrogens (tertiary/aromatic N) is 5. The minimum Gasteiger partial charge on any atom is -0.508 e. The van der Waals surface area contributed by atoms with E-state index in [2.05, 4.69) is 29.9 Å². The smallest absolute Gasteiger partial charge is 0.256 e. The van der Waals surface area contributed by atoms with E-state index in [1.54, 1.807) is 24.3 Å². The fourth-order valence-electron chi connectivity index (χ4n) is 5.93. The Morgan fingerprint density at radius 2 is 1.62 bits per heavy atom. The number of halogens is 2. The third kappa shape index (κ3) is 7.95. The Hall–Kier alpha value is -4.11. The summed E-state index contributed by atoms with van der Waals surface area (Å²) in [6.07, 6.45) is 9.85. The minimum absolute atomic E-state index is 0.115. The predicted octanol–water partition coefficient (Wildman–Crippen LogP) is 7.46. The molecule has 0 atom stereocenters. The maximum absolute atomic E-state index is 15.0. The fraction of sp³-hybridized carbons (Fsp3) is 0.417. The van der Waals surface area contributed by atoms with Gasteiger partial charge >= 0.3 is 0 Å². The second-order valence-corrected chi connectivity index (χ2v) is 11.7. The third-order valence-electron chi connectivity index (χ3n) is 8.46. The molecule has 0 aliphatic carbocycles. The summed E-state index contributed by atoms with van der Waals surface area (Å²) in [4.78, 5) is 27.5. The number of anilines is 1. The van der Waals surface area contributed by atoms with Crippen LogP contribution >= 0.6 is 0 Å². The maximum Gasteiger partial charge on any atom is 0.256 e. The molecule has 1 N–H and O–H groups in total. The normalized spacial score (nSPS) is 17.0. The molecule has 45 heavy (non-hydrogen) atoms. The van der Waals surface area contributed by atoms with Crippen LogP contribution < -0.4 is 10.5 Å². The van der Waals surface area contributed by atoms with E-state index in [-0.39, 0.29) is 17.8 Å². The second-order valence-electron chi connectivity index (χ2n) is 11.7. The van der Waals surface area contributed by atoms with Gasteiger partial charge in [-0.25, -0.2) is 13.8 Å². The molecule has 4 heterocycles. The largest absolute Gasteiger partial charge is 0.508 e. The Morgan fingerprint density at radius 1 is 0.978 bits per heavy atom. The van der Waals surface area contributed by atoms with Crippen LogP contribution in [0.15, 0.2) is 83.4 Å². The van der Waals surface area contributed by atoms with Crippen molar-refractivity contribution in [2.45, 2.75) is 65.8 Å². The average molecular weight is 618 g/mol. The zero-order chi connectivity index (χ0) is 32.7. The second kappa shape index (κ2) is 15.3. The highest BCUT2D eigenvalue weighted by molar-refractivity contribution is 5.81. The SMILES string of the molecule is C=C(C)/C=C\C(=C/Cc1nc(N2CCC(N3CCC(C)CC3)CC2)nc2c1ccc(=O)n2-c1c(F)cccc1F)C(=C)O.CC. The molecule has 0 amide bonds. The first-order valence-corrected chi connectivity index (χ1v) is 15.9. The molecular weight excluding hydrogens is 572 g/mol. The van der Waals surface area contributed by atoms with Crippen molar-refractivity contribution >= 4 is 17.0 Å². The van der Waals surface area contributed by atoms with Crippen LogP contribution in [0.25, 0.3) is 16.7 Å². The Bertz CT molecular complexity index is 1620. The molecule has 2 fully saturated rings. The summed E-state index contributed by atoms with van der Waals surface area (Å²) < 4.78 is 31.0. The number of allylic oxidation sites excluding steroid dienone is 4. The van der Waals surface area contributed by atoms with Crippen LogP contribution in [-0.4, -0.2) is 56.8 Å². The quantitative estimate of drug-likeness (QED) is 0.209. The van der Waals surface area contributed by atoms with Crippen molar-refractivity contribution in [2.24, 2.45) is 5.92 Å². The molecule has 2 aromatic heterocycles. The van der Waals surface area contributed by atoms with E-state index in [0.29, 0.717) is 28.6 Å². The van der Waals surface area contributed by atoms with Gasteiger partial charge in [0.1, 0.15) is 23.1 Å². The number of aliphatic hydroxyl groups is 1. The van der Waals surface area contributed by atoms with Crippen LogP contribution in [0.2, 0.25) is 0 Å². The summed E-state index contributed by atoms with van der Waals surface area (Å²) in [6.45, 7) is 19.4. The number of para-hydroxylation sites is 1. The molecule has 0 radical (unpaired) electrons. The summed E-state index contributed by atoms with van der Waals surface area (Å²) in [5, 5.41) is 10.7. The molecule has 0 unspecified atom stereocenters. The number of likely N-dealkylation sites (tertiary alicyclic amines) is 1. The molecule has 7 nitrogen and oxygen atoms in total. The number of aliphatic hydroxyl groups excluding tert-OH is 1. The topological polar surface area (TPSA) is 74.5 Å². The summed E-state index contributed by atoms with van der Waals surface area (Å²) in [6, 6.07) is 6.85. The summed E-state index contributed by atoms with van der Waals surface area (Å²) in [5.74, 6) is -0.671. The number of pyridine rings is 1. The standard InChI is InChI=1S/C34H39F2N5O2.C2H6/c1-22(2)8-9-25(24(4)42)10-12-30-27-11-13-31(43)41(32-28(35)6-5-7-29(32)36)33(27)38-34(37-30)40-20-16-26(17-21-40)39-18-14-23(3)15-19-39;1-2/h5-11,13,23,26,42H,1,4,12,14-21H2,2-3H3;1-2H3/b9-8-,25-10+;. The number of rotatable bonds is 8. The van der Waals surface area contributed by atoms with Crippen LogP contribution in [0.3, 0.4) is 0 Å². The minimum atomic E-state index is -0.864. The van der Waals surface area contributed by atoms with Crippen molar-refractivity contribution in [2.75, 3.05) is 31.1 Å². The van der Waals surface area contributed by atoms with Crippen LogP contribution in [0.1, 0.15) is 59.1 Å². The summed E-state index contributed by atoms with van der Waals surface area (Å²) in [5.41, 5.74) is 0.895. The Balaban J connectivity index is 0.00000226. The highest BCUT2D eigenvalue weighted by Crippen LogP contribution is 2.28. The molecule has 240 valence electrons. The van der Waals surface area contributed by atoms with Crippen LogP contribution in [0.5, 0.6) is 0 Å². The van der Waals surface area contributed by atoms with Crippen molar-refractivity contribution in [1.82, 2.24) is 19.4 Å². The van der Waals surface area contributed by atoms with Gasteiger partial charge < -0.3 is 14.9 Å². The maximum atomic E-state index is 15.0. The number of benzene rings is 1. The molecule has 1 aromatic carbocycles. The van der Waals surface area contributed by atoms with Crippen LogP contribution in [-0.2, 0) is 6.42 Å². The first-order valence-electron chi connectivity index (χ1n) is 15.9. The number of piperidine rings is 2. The fourth-order valence-corrected chi connectivity index (χ4v) is 5.93. The van der Waals surface area contributed by atoms with Gasteiger partial charge in [-0.15, -0.1) is 0 Å².